The first-order valence-corrected chi connectivity index (χ1v) is 6.61. The van der Waals surface area contributed by atoms with Crippen LogP contribution in [0.5, 0.6) is 5.88 Å². The van der Waals surface area contributed by atoms with E-state index in [-0.39, 0.29) is 11.7 Å². The summed E-state index contributed by atoms with van der Waals surface area (Å²) in [7, 11) is 0. The third-order valence-electron chi connectivity index (χ3n) is 3.42. The van der Waals surface area contributed by atoms with Gasteiger partial charge < -0.3 is 14.6 Å². The highest BCUT2D eigenvalue weighted by molar-refractivity contribution is 6.05. The summed E-state index contributed by atoms with van der Waals surface area (Å²) in [4.78, 5) is 15.5. The van der Waals surface area contributed by atoms with Crippen LogP contribution in [0, 0.1) is 0 Å². The average molecular weight is 273 g/mol. The lowest BCUT2D eigenvalue weighted by atomic mass is 10.1. The van der Waals surface area contributed by atoms with Gasteiger partial charge in [-0.3, -0.25) is 0 Å². The molecule has 1 unspecified atom stereocenters. The van der Waals surface area contributed by atoms with Crippen LogP contribution in [0.15, 0.2) is 30.5 Å². The van der Waals surface area contributed by atoms with Crippen LogP contribution in [-0.4, -0.2) is 35.4 Å². The molecule has 2 heterocycles. The quantitative estimate of drug-likeness (QED) is 0.926. The van der Waals surface area contributed by atoms with Crippen molar-refractivity contribution in [3.8, 4) is 5.88 Å². The highest BCUT2D eigenvalue weighted by Gasteiger charge is 2.18. The molecule has 2 aromatic rings. The Morgan fingerprint density at radius 2 is 2.35 bits per heavy atom. The predicted octanol–water partition coefficient (Wildman–Crippen LogP) is 2.49. The number of fused-ring (bicyclic) bond motifs is 1. The van der Waals surface area contributed by atoms with Gasteiger partial charge in [-0.05, 0) is 30.4 Å². The molecule has 0 saturated carbocycles. The molecule has 104 valence electrons. The number of carboxylic acids is 1. The Labute approximate surface area is 116 Å². The van der Waals surface area contributed by atoms with Crippen LogP contribution in [0.25, 0.3) is 10.8 Å². The number of hydrogen-bond acceptors (Lipinski definition) is 4. The maximum atomic E-state index is 11.3. The van der Waals surface area contributed by atoms with Gasteiger partial charge in [-0.1, -0.05) is 12.1 Å². The number of carbonyl (C=O) groups is 1. The molecule has 20 heavy (non-hydrogen) atoms. The lowest BCUT2D eigenvalue weighted by Crippen LogP contribution is -2.17. The summed E-state index contributed by atoms with van der Waals surface area (Å²) in [5.41, 5.74) is 0.206. The van der Waals surface area contributed by atoms with Gasteiger partial charge in [0.1, 0.15) is 6.61 Å². The van der Waals surface area contributed by atoms with Gasteiger partial charge in [0.2, 0.25) is 5.88 Å². The van der Waals surface area contributed by atoms with Gasteiger partial charge in [-0.15, -0.1) is 0 Å². The summed E-state index contributed by atoms with van der Waals surface area (Å²) in [5, 5.41) is 10.6. The summed E-state index contributed by atoms with van der Waals surface area (Å²) in [6, 6.07) is 6.91. The molecule has 5 nitrogen and oxygen atoms in total. The molecule has 0 bridgehead atoms. The third-order valence-corrected chi connectivity index (χ3v) is 3.42. The van der Waals surface area contributed by atoms with Crippen LogP contribution >= 0.6 is 0 Å². The van der Waals surface area contributed by atoms with Crippen molar-refractivity contribution in [3.63, 3.8) is 0 Å². The second-order valence-corrected chi connectivity index (χ2v) is 4.77. The number of carboxylic acid groups (broad SMARTS) is 1. The maximum absolute atomic E-state index is 11.3. The van der Waals surface area contributed by atoms with Gasteiger partial charge in [0, 0.05) is 12.8 Å². The highest BCUT2D eigenvalue weighted by atomic mass is 16.5. The monoisotopic (exact) mass is 273 g/mol. The highest BCUT2D eigenvalue weighted by Crippen LogP contribution is 2.27. The van der Waals surface area contributed by atoms with Crippen LogP contribution in [0.4, 0.5) is 0 Å². The smallest absolute Gasteiger partial charge is 0.336 e. The van der Waals surface area contributed by atoms with E-state index in [1.165, 1.54) is 0 Å². The van der Waals surface area contributed by atoms with Crippen molar-refractivity contribution in [2.75, 3.05) is 13.2 Å². The molecule has 1 saturated heterocycles. The Hall–Kier alpha value is -2.14. The van der Waals surface area contributed by atoms with Crippen molar-refractivity contribution in [1.29, 1.82) is 0 Å². The number of nitrogens with zero attached hydrogens (tertiary/aromatic N) is 1. The molecule has 1 atom stereocenters. The minimum Gasteiger partial charge on any atom is -0.478 e. The van der Waals surface area contributed by atoms with Gasteiger partial charge in [-0.25, -0.2) is 9.78 Å². The fourth-order valence-corrected chi connectivity index (χ4v) is 2.43. The van der Waals surface area contributed by atoms with E-state index in [2.05, 4.69) is 4.98 Å². The number of benzene rings is 1. The molecule has 1 aliphatic rings. The van der Waals surface area contributed by atoms with E-state index in [4.69, 9.17) is 9.47 Å². The summed E-state index contributed by atoms with van der Waals surface area (Å²) in [5.74, 6) is -0.624. The van der Waals surface area contributed by atoms with Gasteiger partial charge in [0.05, 0.1) is 17.1 Å². The molecule has 0 radical (unpaired) electrons. The molecule has 0 amide bonds. The van der Waals surface area contributed by atoms with Crippen molar-refractivity contribution in [1.82, 2.24) is 4.98 Å². The van der Waals surface area contributed by atoms with E-state index in [9.17, 15) is 9.90 Å². The van der Waals surface area contributed by atoms with Crippen LogP contribution in [0.3, 0.4) is 0 Å². The van der Waals surface area contributed by atoms with Gasteiger partial charge in [0.25, 0.3) is 0 Å². The molecular formula is C15H15NO4. The number of aromatic nitrogens is 1. The summed E-state index contributed by atoms with van der Waals surface area (Å²) in [6.07, 6.45) is 3.70. The Bertz CT molecular complexity index is 630. The Kier molecular flexibility index (Phi) is 3.52. The van der Waals surface area contributed by atoms with E-state index in [0.717, 1.165) is 24.8 Å². The molecule has 0 aliphatic carbocycles. The Morgan fingerprint density at radius 3 is 3.10 bits per heavy atom. The molecule has 3 rings (SSSR count). The lowest BCUT2D eigenvalue weighted by Gasteiger charge is -2.13. The maximum Gasteiger partial charge on any atom is 0.336 e. The largest absolute Gasteiger partial charge is 0.478 e. The summed E-state index contributed by atoms with van der Waals surface area (Å²) < 4.78 is 11.2. The van der Waals surface area contributed by atoms with E-state index < -0.39 is 5.97 Å². The normalized spacial score (nSPS) is 18.3. The average Bonchev–Trinajstić information content (AvgIpc) is 2.97. The molecule has 1 N–H and O–H groups in total. The third kappa shape index (κ3) is 2.44. The van der Waals surface area contributed by atoms with E-state index >= 15 is 0 Å². The minimum atomic E-state index is -0.981. The zero-order valence-electron chi connectivity index (χ0n) is 10.9. The SMILES string of the molecule is O=C(O)c1cccc2ccnc(OCC3CCCO3)c12. The van der Waals surface area contributed by atoms with Crippen LogP contribution < -0.4 is 4.74 Å². The molecular weight excluding hydrogens is 258 g/mol. The topological polar surface area (TPSA) is 68.7 Å². The molecule has 1 aromatic heterocycles. The second kappa shape index (κ2) is 5.46. The van der Waals surface area contributed by atoms with Crippen molar-refractivity contribution in [2.24, 2.45) is 0 Å². The molecule has 1 aromatic carbocycles. The summed E-state index contributed by atoms with van der Waals surface area (Å²) >= 11 is 0. The molecule has 1 aliphatic heterocycles. The zero-order chi connectivity index (χ0) is 13.9. The summed E-state index contributed by atoms with van der Waals surface area (Å²) in [6.45, 7) is 1.16. The molecule has 1 fully saturated rings. The van der Waals surface area contributed by atoms with Crippen molar-refractivity contribution in [3.05, 3.63) is 36.0 Å². The number of aromatic carboxylic acids is 1. The van der Waals surface area contributed by atoms with E-state index in [1.807, 2.05) is 6.07 Å². The second-order valence-electron chi connectivity index (χ2n) is 4.77. The van der Waals surface area contributed by atoms with Crippen molar-refractivity contribution >= 4 is 16.7 Å². The van der Waals surface area contributed by atoms with Crippen molar-refractivity contribution in [2.45, 2.75) is 18.9 Å². The standard InChI is InChI=1S/C15H15NO4/c17-15(18)12-5-1-3-10-6-7-16-14(13(10)12)20-9-11-4-2-8-19-11/h1,3,5-7,11H,2,4,8-9H2,(H,17,18). The zero-order valence-corrected chi connectivity index (χ0v) is 10.9. The lowest BCUT2D eigenvalue weighted by molar-refractivity contribution is 0.0666. The van der Waals surface area contributed by atoms with Crippen LogP contribution in [-0.2, 0) is 4.74 Å². The fourth-order valence-electron chi connectivity index (χ4n) is 2.43. The van der Waals surface area contributed by atoms with Crippen LogP contribution in [0.1, 0.15) is 23.2 Å². The van der Waals surface area contributed by atoms with E-state index in [1.54, 1.807) is 24.4 Å². The van der Waals surface area contributed by atoms with Crippen LogP contribution in [0.2, 0.25) is 0 Å². The number of pyridine rings is 1. The number of rotatable bonds is 4. The van der Waals surface area contributed by atoms with E-state index in [0.29, 0.717) is 17.9 Å². The first-order valence-electron chi connectivity index (χ1n) is 6.61. The predicted molar refractivity (Wildman–Crippen MR) is 73.2 cm³/mol. The first kappa shape index (κ1) is 12.9. The fraction of sp³-hybridized carbons (Fsp3) is 0.333. The van der Waals surface area contributed by atoms with Gasteiger partial charge in [0.15, 0.2) is 0 Å². The van der Waals surface area contributed by atoms with Gasteiger partial charge in [-0.2, -0.15) is 0 Å². The van der Waals surface area contributed by atoms with Crippen molar-refractivity contribution < 1.29 is 19.4 Å². The molecule has 5 heteroatoms. The Morgan fingerprint density at radius 1 is 1.45 bits per heavy atom. The minimum absolute atomic E-state index is 0.0732. The molecule has 0 spiro atoms. The van der Waals surface area contributed by atoms with Gasteiger partial charge >= 0.3 is 5.97 Å². The number of ether oxygens (including phenoxy) is 2. The first-order chi connectivity index (χ1) is 9.75. The Balaban J connectivity index is 1.94. The number of hydrogen-bond donors (Lipinski definition) is 1.